The molecule has 1 fully saturated rings. The monoisotopic (exact) mass is 327 g/mol. The topological polar surface area (TPSA) is 51.2 Å². The van der Waals surface area contributed by atoms with E-state index >= 15 is 0 Å². The number of ether oxygens (including phenoxy) is 3. The molecular formula is C19H21NO4. The molecule has 4 rings (SSSR count). The van der Waals surface area contributed by atoms with Crippen LogP contribution in [0.1, 0.15) is 23.6 Å². The summed E-state index contributed by atoms with van der Waals surface area (Å²) in [5.41, 5.74) is 2.25. The molecule has 5 heteroatoms. The summed E-state index contributed by atoms with van der Waals surface area (Å²) in [6.45, 7) is 1.63. The fourth-order valence-electron chi connectivity index (χ4n) is 3.58. The number of rotatable bonds is 4. The van der Waals surface area contributed by atoms with Crippen LogP contribution in [0.3, 0.4) is 0 Å². The van der Waals surface area contributed by atoms with Crippen LogP contribution >= 0.6 is 0 Å². The summed E-state index contributed by atoms with van der Waals surface area (Å²) in [7, 11) is 1.67. The van der Waals surface area contributed by atoms with Gasteiger partial charge in [-0.15, -0.1) is 0 Å². The fraction of sp³-hybridized carbons (Fsp3) is 0.368. The van der Waals surface area contributed by atoms with Crippen LogP contribution in [0, 0.1) is 0 Å². The SMILES string of the molecule is COc1cccc([C@@H]2C[C@@H](O)CN2Cc2cccc3c2OCO3)c1. The Morgan fingerprint density at radius 3 is 2.96 bits per heavy atom. The molecule has 2 heterocycles. The van der Waals surface area contributed by atoms with Crippen molar-refractivity contribution in [1.29, 1.82) is 0 Å². The van der Waals surface area contributed by atoms with Gasteiger partial charge in [-0.25, -0.2) is 0 Å². The van der Waals surface area contributed by atoms with Gasteiger partial charge in [0, 0.05) is 24.7 Å². The highest BCUT2D eigenvalue weighted by molar-refractivity contribution is 5.48. The number of β-amino-alcohol motifs (C(OH)–C–C–N with tert-alkyl or cyclic N) is 1. The Hall–Kier alpha value is -2.24. The Balaban J connectivity index is 1.60. The van der Waals surface area contributed by atoms with Gasteiger partial charge in [0.05, 0.1) is 13.2 Å². The van der Waals surface area contributed by atoms with E-state index in [-0.39, 0.29) is 18.9 Å². The number of hydrogen-bond acceptors (Lipinski definition) is 5. The zero-order valence-corrected chi connectivity index (χ0v) is 13.6. The van der Waals surface area contributed by atoms with Gasteiger partial charge in [-0.2, -0.15) is 0 Å². The van der Waals surface area contributed by atoms with Gasteiger partial charge in [-0.05, 0) is 30.2 Å². The van der Waals surface area contributed by atoms with Crippen molar-refractivity contribution in [3.63, 3.8) is 0 Å². The molecule has 2 atom stereocenters. The van der Waals surface area contributed by atoms with Crippen molar-refractivity contribution in [2.45, 2.75) is 25.1 Å². The van der Waals surface area contributed by atoms with Crippen molar-refractivity contribution in [3.8, 4) is 17.2 Å². The van der Waals surface area contributed by atoms with E-state index in [9.17, 15) is 5.11 Å². The number of aliphatic hydroxyl groups excluding tert-OH is 1. The number of aliphatic hydroxyl groups is 1. The van der Waals surface area contributed by atoms with Crippen molar-refractivity contribution in [2.75, 3.05) is 20.4 Å². The van der Waals surface area contributed by atoms with E-state index in [1.54, 1.807) is 7.11 Å². The lowest BCUT2D eigenvalue weighted by atomic mass is 10.0. The number of fused-ring (bicyclic) bond motifs is 1. The Labute approximate surface area is 141 Å². The van der Waals surface area contributed by atoms with Gasteiger partial charge >= 0.3 is 0 Å². The van der Waals surface area contributed by atoms with Gasteiger partial charge in [-0.3, -0.25) is 4.90 Å². The van der Waals surface area contributed by atoms with Crippen molar-refractivity contribution in [3.05, 3.63) is 53.6 Å². The van der Waals surface area contributed by atoms with Crippen molar-refractivity contribution >= 4 is 0 Å². The molecule has 2 aromatic carbocycles. The second-order valence-corrected chi connectivity index (χ2v) is 6.26. The summed E-state index contributed by atoms with van der Waals surface area (Å²) in [6, 6.07) is 14.2. The third-order valence-electron chi connectivity index (χ3n) is 4.71. The average molecular weight is 327 g/mol. The highest BCUT2D eigenvalue weighted by Gasteiger charge is 2.33. The van der Waals surface area contributed by atoms with E-state index in [1.165, 1.54) is 0 Å². The van der Waals surface area contributed by atoms with E-state index < -0.39 is 0 Å². The summed E-state index contributed by atoms with van der Waals surface area (Å²) in [5, 5.41) is 10.2. The number of likely N-dealkylation sites (tertiary alicyclic amines) is 1. The molecule has 0 amide bonds. The van der Waals surface area contributed by atoms with Crippen LogP contribution in [0.15, 0.2) is 42.5 Å². The summed E-state index contributed by atoms with van der Waals surface area (Å²) in [6.07, 6.45) is 0.398. The lowest BCUT2D eigenvalue weighted by molar-refractivity contribution is 0.165. The lowest BCUT2D eigenvalue weighted by Gasteiger charge is -2.25. The smallest absolute Gasteiger partial charge is 0.231 e. The Kier molecular flexibility index (Phi) is 4.04. The van der Waals surface area contributed by atoms with Gasteiger partial charge in [0.1, 0.15) is 5.75 Å². The lowest BCUT2D eigenvalue weighted by Crippen LogP contribution is -2.24. The average Bonchev–Trinajstić information content (AvgIpc) is 3.22. The summed E-state index contributed by atoms with van der Waals surface area (Å²) in [4.78, 5) is 2.29. The maximum atomic E-state index is 10.2. The largest absolute Gasteiger partial charge is 0.497 e. The quantitative estimate of drug-likeness (QED) is 0.936. The van der Waals surface area contributed by atoms with Gasteiger partial charge < -0.3 is 19.3 Å². The maximum Gasteiger partial charge on any atom is 0.231 e. The highest BCUT2D eigenvalue weighted by atomic mass is 16.7. The molecule has 0 saturated carbocycles. The Morgan fingerprint density at radius 1 is 1.21 bits per heavy atom. The molecule has 126 valence electrons. The molecule has 1 saturated heterocycles. The number of nitrogens with zero attached hydrogens (tertiary/aromatic N) is 1. The zero-order chi connectivity index (χ0) is 16.5. The molecule has 0 spiro atoms. The summed E-state index contributed by atoms with van der Waals surface area (Å²) >= 11 is 0. The third-order valence-corrected chi connectivity index (χ3v) is 4.71. The first-order chi connectivity index (χ1) is 11.7. The molecule has 0 unspecified atom stereocenters. The number of hydrogen-bond donors (Lipinski definition) is 1. The van der Waals surface area contributed by atoms with Crippen LogP contribution < -0.4 is 14.2 Å². The van der Waals surface area contributed by atoms with Gasteiger partial charge in [-0.1, -0.05) is 24.3 Å². The molecule has 0 radical (unpaired) electrons. The fourth-order valence-corrected chi connectivity index (χ4v) is 3.58. The normalized spacial score (nSPS) is 22.8. The first-order valence-electron chi connectivity index (χ1n) is 8.18. The van der Waals surface area contributed by atoms with Crippen LogP contribution in [0.5, 0.6) is 17.2 Å². The van der Waals surface area contributed by atoms with Gasteiger partial charge in [0.2, 0.25) is 6.79 Å². The first-order valence-corrected chi connectivity index (χ1v) is 8.18. The Morgan fingerprint density at radius 2 is 2.08 bits per heavy atom. The molecule has 0 aromatic heterocycles. The van der Waals surface area contributed by atoms with Crippen LogP contribution in [0.4, 0.5) is 0 Å². The molecule has 1 N–H and O–H groups in total. The molecule has 2 aromatic rings. The standard InChI is InChI=1S/C19H21NO4/c1-22-16-6-2-4-13(8-16)17-9-15(21)11-20(17)10-14-5-3-7-18-19(14)24-12-23-18/h2-8,15,17,21H,9-12H2,1H3/t15-,17+/m1/s1. The van der Waals surface area contributed by atoms with E-state index in [0.29, 0.717) is 13.1 Å². The Bertz CT molecular complexity index is 733. The van der Waals surface area contributed by atoms with Crippen LogP contribution in [-0.2, 0) is 6.54 Å². The minimum absolute atomic E-state index is 0.160. The van der Waals surface area contributed by atoms with Crippen molar-refractivity contribution in [1.82, 2.24) is 4.90 Å². The molecule has 5 nitrogen and oxygen atoms in total. The third kappa shape index (κ3) is 2.81. The van der Waals surface area contributed by atoms with Crippen LogP contribution in [0.2, 0.25) is 0 Å². The van der Waals surface area contributed by atoms with Crippen LogP contribution in [-0.4, -0.2) is 36.6 Å². The van der Waals surface area contributed by atoms with Crippen LogP contribution in [0.25, 0.3) is 0 Å². The van der Waals surface area contributed by atoms with Gasteiger partial charge in [0.25, 0.3) is 0 Å². The molecule has 2 aliphatic heterocycles. The van der Waals surface area contributed by atoms with E-state index in [1.807, 2.05) is 30.3 Å². The van der Waals surface area contributed by atoms with E-state index in [4.69, 9.17) is 14.2 Å². The molecule has 0 bridgehead atoms. The second kappa shape index (κ2) is 6.34. The highest BCUT2D eigenvalue weighted by Crippen LogP contribution is 2.39. The zero-order valence-electron chi connectivity index (χ0n) is 13.6. The van der Waals surface area contributed by atoms with E-state index in [0.717, 1.165) is 34.8 Å². The van der Waals surface area contributed by atoms with Crippen molar-refractivity contribution < 1.29 is 19.3 Å². The first kappa shape index (κ1) is 15.3. The number of methoxy groups -OCH3 is 1. The molecule has 24 heavy (non-hydrogen) atoms. The number of para-hydroxylation sites is 1. The summed E-state index contributed by atoms with van der Waals surface area (Å²) < 4.78 is 16.4. The predicted octanol–water partition coefficient (Wildman–Crippen LogP) is 2.73. The minimum atomic E-state index is -0.324. The molecular weight excluding hydrogens is 306 g/mol. The van der Waals surface area contributed by atoms with Gasteiger partial charge in [0.15, 0.2) is 11.5 Å². The van der Waals surface area contributed by atoms with Crippen molar-refractivity contribution in [2.24, 2.45) is 0 Å². The number of benzene rings is 2. The molecule has 2 aliphatic rings. The maximum absolute atomic E-state index is 10.2. The summed E-state index contributed by atoms with van der Waals surface area (Å²) in [5.74, 6) is 2.46. The van der Waals surface area contributed by atoms with E-state index in [2.05, 4.69) is 17.0 Å². The minimum Gasteiger partial charge on any atom is -0.497 e. The second-order valence-electron chi connectivity index (χ2n) is 6.26. The molecule has 0 aliphatic carbocycles. The predicted molar refractivity (Wildman–Crippen MR) is 89.3 cm³/mol.